The number of benzene rings is 3. The number of nitrogens with zero attached hydrogens (tertiary/aromatic N) is 1. The molecule has 1 aliphatic rings. The summed E-state index contributed by atoms with van der Waals surface area (Å²) in [6, 6.07) is 13.6. The van der Waals surface area contributed by atoms with Crippen LogP contribution in [0.1, 0.15) is 34.0 Å². The number of halogens is 2. The van der Waals surface area contributed by atoms with Crippen molar-refractivity contribution < 1.29 is 28.5 Å². The molecule has 0 bridgehead atoms. The van der Waals surface area contributed by atoms with Crippen LogP contribution in [0.15, 0.2) is 66.3 Å². The Bertz CT molecular complexity index is 1440. The minimum atomic E-state index is -0.499. The highest BCUT2D eigenvalue weighted by Gasteiger charge is 2.17. The maximum atomic E-state index is 12.4. The topological polar surface area (TPSA) is 107 Å². The first-order valence-electron chi connectivity index (χ1n) is 12.3. The molecule has 0 aromatic heterocycles. The normalized spacial score (nSPS) is 11.8. The molecule has 2 N–H and O–H groups in total. The van der Waals surface area contributed by atoms with Crippen LogP contribution in [0.3, 0.4) is 0 Å². The van der Waals surface area contributed by atoms with Gasteiger partial charge in [-0.1, -0.05) is 35.3 Å². The molecule has 208 valence electrons. The Kier molecular flexibility index (Phi) is 9.88. The zero-order chi connectivity index (χ0) is 28.5. The van der Waals surface area contributed by atoms with E-state index in [0.717, 1.165) is 11.1 Å². The van der Waals surface area contributed by atoms with Crippen molar-refractivity contribution in [1.82, 2.24) is 10.7 Å². The second-order valence-electron chi connectivity index (χ2n) is 8.50. The van der Waals surface area contributed by atoms with Crippen molar-refractivity contribution in [1.29, 1.82) is 0 Å². The van der Waals surface area contributed by atoms with Crippen LogP contribution in [-0.2, 0) is 17.8 Å². The molecule has 0 atom stereocenters. The summed E-state index contributed by atoms with van der Waals surface area (Å²) >= 11 is 12.3. The van der Waals surface area contributed by atoms with Gasteiger partial charge in [-0.25, -0.2) is 5.43 Å². The van der Waals surface area contributed by atoms with E-state index in [1.54, 1.807) is 48.5 Å². The van der Waals surface area contributed by atoms with E-state index in [1.165, 1.54) is 6.21 Å². The highest BCUT2D eigenvalue weighted by Crippen LogP contribution is 2.35. The summed E-state index contributed by atoms with van der Waals surface area (Å²) in [6.45, 7) is 6.16. The molecule has 0 aliphatic carbocycles. The fourth-order valence-corrected chi connectivity index (χ4v) is 4.26. The lowest BCUT2D eigenvalue weighted by Crippen LogP contribution is -2.34. The number of hydrogen-bond acceptors (Lipinski definition) is 7. The van der Waals surface area contributed by atoms with Gasteiger partial charge in [0.25, 0.3) is 11.8 Å². The Balaban J connectivity index is 1.39. The van der Waals surface area contributed by atoms with E-state index in [1.807, 2.05) is 13.0 Å². The smallest absolute Gasteiger partial charge is 0.259 e. The van der Waals surface area contributed by atoms with Gasteiger partial charge in [0.15, 0.2) is 23.0 Å². The van der Waals surface area contributed by atoms with E-state index in [2.05, 4.69) is 22.4 Å². The zero-order valence-electron chi connectivity index (χ0n) is 21.7. The molecule has 2 amide bonds. The van der Waals surface area contributed by atoms with Gasteiger partial charge in [0.1, 0.15) is 6.61 Å². The maximum Gasteiger partial charge on any atom is 0.259 e. The highest BCUT2D eigenvalue weighted by atomic mass is 35.5. The quantitative estimate of drug-likeness (QED) is 0.170. The predicted octanol–water partition coefficient (Wildman–Crippen LogP) is 5.31. The van der Waals surface area contributed by atoms with Crippen molar-refractivity contribution in [3.05, 3.63) is 93.5 Å². The Hall–Kier alpha value is -4.21. The van der Waals surface area contributed by atoms with Crippen molar-refractivity contribution in [2.75, 3.05) is 19.9 Å². The van der Waals surface area contributed by atoms with E-state index in [-0.39, 0.29) is 19.9 Å². The van der Waals surface area contributed by atoms with Gasteiger partial charge in [0, 0.05) is 26.7 Å². The maximum absolute atomic E-state index is 12.4. The minimum Gasteiger partial charge on any atom is -0.490 e. The molecule has 1 heterocycles. The van der Waals surface area contributed by atoms with Crippen LogP contribution in [0.4, 0.5) is 0 Å². The Morgan fingerprint density at radius 3 is 2.65 bits per heavy atom. The second-order valence-corrected chi connectivity index (χ2v) is 9.35. The van der Waals surface area contributed by atoms with Gasteiger partial charge >= 0.3 is 0 Å². The molecule has 4 rings (SSSR count). The third-order valence-corrected chi connectivity index (χ3v) is 6.24. The lowest BCUT2D eigenvalue weighted by atomic mass is 10.1. The first-order chi connectivity index (χ1) is 19.4. The average Bonchev–Trinajstić information content (AvgIpc) is 3.41. The number of fused-ring (bicyclic) bond motifs is 1. The number of allylic oxidation sites excluding steroid dienone is 1. The number of hydrazone groups is 1. The van der Waals surface area contributed by atoms with Crippen molar-refractivity contribution in [3.8, 4) is 23.0 Å². The molecule has 9 nitrogen and oxygen atoms in total. The molecule has 0 fully saturated rings. The van der Waals surface area contributed by atoms with E-state index >= 15 is 0 Å². The predicted molar refractivity (Wildman–Crippen MR) is 153 cm³/mol. The van der Waals surface area contributed by atoms with Crippen molar-refractivity contribution >= 4 is 41.2 Å². The molecule has 11 heteroatoms. The first kappa shape index (κ1) is 28.8. The van der Waals surface area contributed by atoms with Crippen LogP contribution < -0.4 is 29.7 Å². The number of carbonyl (C=O) groups excluding carboxylic acids is 2. The molecule has 0 saturated heterocycles. The number of carbonyl (C=O) groups is 2. The van der Waals surface area contributed by atoms with Crippen LogP contribution in [0.25, 0.3) is 0 Å². The van der Waals surface area contributed by atoms with Crippen LogP contribution in [0.5, 0.6) is 23.0 Å². The van der Waals surface area contributed by atoms with Crippen molar-refractivity contribution in [2.24, 2.45) is 5.10 Å². The van der Waals surface area contributed by atoms with Gasteiger partial charge in [0.2, 0.25) is 6.79 Å². The largest absolute Gasteiger partial charge is 0.490 e. The summed E-state index contributed by atoms with van der Waals surface area (Å²) in [6.07, 6.45) is 3.73. The van der Waals surface area contributed by atoms with Gasteiger partial charge in [-0.15, -0.1) is 6.58 Å². The molecular formula is C29H27Cl2N3O6. The zero-order valence-corrected chi connectivity index (χ0v) is 23.2. The van der Waals surface area contributed by atoms with E-state index in [9.17, 15) is 9.59 Å². The molecule has 1 aliphatic heterocycles. The van der Waals surface area contributed by atoms with Gasteiger partial charge in [0.05, 0.1) is 19.4 Å². The Labute approximate surface area is 241 Å². The molecule has 0 saturated carbocycles. The van der Waals surface area contributed by atoms with Crippen LogP contribution >= 0.6 is 23.2 Å². The van der Waals surface area contributed by atoms with Crippen molar-refractivity contribution in [3.63, 3.8) is 0 Å². The van der Waals surface area contributed by atoms with Gasteiger partial charge < -0.3 is 24.3 Å². The lowest BCUT2D eigenvalue weighted by Gasteiger charge is -2.17. The molecule has 3 aromatic rings. The van der Waals surface area contributed by atoms with Crippen LogP contribution in [-0.4, -0.2) is 38.0 Å². The number of hydrogen-bond donors (Lipinski definition) is 2. The number of ether oxygens (including phenoxy) is 4. The summed E-state index contributed by atoms with van der Waals surface area (Å²) in [5.74, 6) is 1.19. The van der Waals surface area contributed by atoms with Crippen LogP contribution in [0, 0.1) is 0 Å². The fraction of sp³-hybridized carbons (Fsp3) is 0.207. The monoisotopic (exact) mass is 583 g/mol. The molecule has 0 unspecified atom stereocenters. The van der Waals surface area contributed by atoms with Gasteiger partial charge in [-0.05, 0) is 61.4 Å². The molecule has 3 aromatic carbocycles. The summed E-state index contributed by atoms with van der Waals surface area (Å²) in [5, 5.41) is 7.61. The summed E-state index contributed by atoms with van der Waals surface area (Å²) < 4.78 is 22.5. The summed E-state index contributed by atoms with van der Waals surface area (Å²) in [5.41, 5.74) is 5.01. The Morgan fingerprint density at radius 2 is 1.88 bits per heavy atom. The first-order valence-corrected chi connectivity index (χ1v) is 13.1. The third-order valence-electron chi connectivity index (χ3n) is 5.65. The molecule has 40 heavy (non-hydrogen) atoms. The van der Waals surface area contributed by atoms with E-state index in [4.69, 9.17) is 42.1 Å². The fourth-order valence-electron chi connectivity index (χ4n) is 3.80. The average molecular weight is 584 g/mol. The van der Waals surface area contributed by atoms with Crippen LogP contribution in [0.2, 0.25) is 10.0 Å². The highest BCUT2D eigenvalue weighted by molar-refractivity contribution is 6.35. The molecule has 0 radical (unpaired) electrons. The van der Waals surface area contributed by atoms with E-state index < -0.39 is 11.8 Å². The Morgan fingerprint density at radius 1 is 1.05 bits per heavy atom. The molecular weight excluding hydrogens is 557 g/mol. The minimum absolute atomic E-state index is 0.107. The SMILES string of the molecule is C=CCc1cc(C=NNC(=O)CNC(=O)c2ccc3c(c2)OCO3)cc(OCC)c1OCc1ccc(Cl)cc1Cl. The summed E-state index contributed by atoms with van der Waals surface area (Å²) in [7, 11) is 0. The number of amides is 2. The standard InChI is InChI=1S/C29H27Cl2N3O6/c1-3-5-19-10-18(11-26(37-4-2)28(19)38-16-21-6-8-22(30)13-23(21)31)14-33-34-27(35)15-32-29(36)20-7-9-24-25(12-20)40-17-39-24/h3,6-14H,1,4-5,15-17H2,2H3,(H,32,36)(H,34,35). The van der Waals surface area contributed by atoms with E-state index in [0.29, 0.717) is 57.2 Å². The lowest BCUT2D eigenvalue weighted by molar-refractivity contribution is -0.120. The number of rotatable bonds is 12. The number of nitrogens with one attached hydrogen (secondary N) is 2. The summed E-state index contributed by atoms with van der Waals surface area (Å²) in [4.78, 5) is 24.6. The van der Waals surface area contributed by atoms with Crippen molar-refractivity contribution in [2.45, 2.75) is 20.0 Å². The van der Waals surface area contributed by atoms with Gasteiger partial charge in [-0.2, -0.15) is 5.10 Å². The third kappa shape index (κ3) is 7.46. The van der Waals surface area contributed by atoms with Gasteiger partial charge in [-0.3, -0.25) is 9.59 Å². The molecule has 0 spiro atoms. The second kappa shape index (κ2) is 13.7.